The molecule has 6 heteroatoms. The molecule has 1 fully saturated rings. The number of aliphatic hydroxyl groups is 2. The van der Waals surface area contributed by atoms with Crippen LogP contribution in [0.5, 0.6) is 0 Å². The van der Waals surface area contributed by atoms with Crippen molar-refractivity contribution in [1.29, 1.82) is 0 Å². The Morgan fingerprint density at radius 3 is 2.73 bits per heavy atom. The second-order valence-corrected chi connectivity index (χ2v) is 5.91. The van der Waals surface area contributed by atoms with Crippen LogP contribution in [0.2, 0.25) is 0 Å². The Hall–Kier alpha value is -0.950. The first-order valence-corrected chi connectivity index (χ1v) is 7.96. The van der Waals surface area contributed by atoms with Gasteiger partial charge in [-0.2, -0.15) is 0 Å². The molecule has 1 heterocycles. The molecule has 5 atom stereocenters. The number of hydrogen-bond donors (Lipinski definition) is 3. The maximum atomic E-state index is 10.3. The normalized spacial score (nSPS) is 30.5. The fraction of sp³-hybridized carbons (Fsp3) is 0.812. The van der Waals surface area contributed by atoms with Crippen molar-refractivity contribution in [2.45, 2.75) is 83.1 Å². The third-order valence-electron chi connectivity index (χ3n) is 3.80. The number of aliphatic hydroxyl groups excluding tert-OH is 2. The van der Waals surface area contributed by atoms with Gasteiger partial charge in [0.1, 0.15) is 6.10 Å². The summed E-state index contributed by atoms with van der Waals surface area (Å²) in [6, 6.07) is 0. The molecular weight excluding hydrogens is 288 g/mol. The van der Waals surface area contributed by atoms with Crippen LogP contribution in [0.4, 0.5) is 0 Å². The fourth-order valence-electron chi connectivity index (χ4n) is 2.42. The molecule has 0 aromatic carbocycles. The summed E-state index contributed by atoms with van der Waals surface area (Å²) >= 11 is 0. The molecule has 0 aromatic rings. The zero-order valence-corrected chi connectivity index (χ0v) is 13.4. The van der Waals surface area contributed by atoms with Gasteiger partial charge in [0.05, 0.1) is 18.3 Å². The number of carboxylic acid groups (broad SMARTS) is 1. The van der Waals surface area contributed by atoms with Crippen molar-refractivity contribution in [3.05, 3.63) is 12.2 Å². The smallest absolute Gasteiger partial charge is 0.327 e. The summed E-state index contributed by atoms with van der Waals surface area (Å²) in [4.78, 5) is 10.3. The highest BCUT2D eigenvalue weighted by Crippen LogP contribution is 2.23. The number of allylic oxidation sites excluding steroid dienone is 1. The molecule has 0 unspecified atom stereocenters. The van der Waals surface area contributed by atoms with E-state index in [2.05, 4.69) is 0 Å². The maximum absolute atomic E-state index is 10.3. The summed E-state index contributed by atoms with van der Waals surface area (Å²) in [6.45, 7) is 3.71. The Bertz CT molecular complexity index is 357. The SMILES string of the molecule is C[C@H](CCCCC/C=C/C(=O)O)O[C@@H]1O[C@@H](C)[C@H](O)C[C@H]1O. The van der Waals surface area contributed by atoms with Gasteiger partial charge in [0, 0.05) is 12.5 Å². The van der Waals surface area contributed by atoms with Crippen molar-refractivity contribution >= 4 is 5.97 Å². The lowest BCUT2D eigenvalue weighted by atomic mass is 10.0. The molecule has 0 saturated carbocycles. The first-order valence-electron chi connectivity index (χ1n) is 7.96. The Morgan fingerprint density at radius 2 is 2.05 bits per heavy atom. The van der Waals surface area contributed by atoms with E-state index in [0.717, 1.165) is 32.1 Å². The minimum atomic E-state index is -0.910. The van der Waals surface area contributed by atoms with Gasteiger partial charge in [-0.1, -0.05) is 18.9 Å². The lowest BCUT2D eigenvalue weighted by Gasteiger charge is -2.36. The molecule has 0 spiro atoms. The van der Waals surface area contributed by atoms with Crippen LogP contribution in [0, 0.1) is 0 Å². The summed E-state index contributed by atoms with van der Waals surface area (Å²) < 4.78 is 11.2. The Morgan fingerprint density at radius 1 is 1.32 bits per heavy atom. The van der Waals surface area contributed by atoms with Crippen LogP contribution < -0.4 is 0 Å². The largest absolute Gasteiger partial charge is 0.478 e. The Balaban J connectivity index is 2.13. The summed E-state index contributed by atoms with van der Waals surface area (Å²) in [7, 11) is 0. The van der Waals surface area contributed by atoms with Gasteiger partial charge in [0.25, 0.3) is 0 Å². The van der Waals surface area contributed by atoms with E-state index in [1.807, 2.05) is 6.92 Å². The average Bonchev–Trinajstić information content (AvgIpc) is 2.43. The third-order valence-corrected chi connectivity index (χ3v) is 3.80. The van der Waals surface area contributed by atoms with E-state index in [1.54, 1.807) is 13.0 Å². The van der Waals surface area contributed by atoms with Crippen LogP contribution in [-0.2, 0) is 14.3 Å². The number of rotatable bonds is 9. The van der Waals surface area contributed by atoms with E-state index in [9.17, 15) is 15.0 Å². The van der Waals surface area contributed by atoms with Crippen LogP contribution in [0.1, 0.15) is 52.4 Å². The maximum Gasteiger partial charge on any atom is 0.327 e. The zero-order chi connectivity index (χ0) is 16.5. The van der Waals surface area contributed by atoms with Crippen LogP contribution >= 0.6 is 0 Å². The number of hydrogen-bond acceptors (Lipinski definition) is 5. The van der Waals surface area contributed by atoms with Crippen molar-refractivity contribution in [2.75, 3.05) is 0 Å². The van der Waals surface area contributed by atoms with Gasteiger partial charge in [0.2, 0.25) is 0 Å². The number of unbranched alkanes of at least 4 members (excludes halogenated alkanes) is 3. The summed E-state index contributed by atoms with van der Waals surface area (Å²) in [5, 5.41) is 27.9. The van der Waals surface area contributed by atoms with E-state index >= 15 is 0 Å². The monoisotopic (exact) mass is 316 g/mol. The molecule has 0 aliphatic carbocycles. The standard InChI is InChI=1S/C16H28O6/c1-11(8-6-4-3-5-7-9-15(19)20)21-16-14(18)10-13(17)12(2)22-16/h7,9,11-14,16-18H,3-6,8,10H2,1-2H3,(H,19,20)/b9-7+/t11-,12+,13-,14-,16-/m1/s1. The summed E-state index contributed by atoms with van der Waals surface area (Å²) in [5.41, 5.74) is 0. The molecule has 1 aliphatic rings. The lowest BCUT2D eigenvalue weighted by Crippen LogP contribution is -2.48. The van der Waals surface area contributed by atoms with Crippen molar-refractivity contribution in [2.24, 2.45) is 0 Å². The molecule has 0 radical (unpaired) electrons. The summed E-state index contributed by atoms with van der Waals surface area (Å²) in [6.07, 6.45) is 5.17. The Labute approximate surface area is 131 Å². The van der Waals surface area contributed by atoms with E-state index < -0.39 is 24.5 Å². The zero-order valence-electron chi connectivity index (χ0n) is 13.4. The average molecular weight is 316 g/mol. The number of carboxylic acids is 1. The molecule has 0 bridgehead atoms. The fourth-order valence-corrected chi connectivity index (χ4v) is 2.42. The van der Waals surface area contributed by atoms with Gasteiger partial charge in [-0.25, -0.2) is 4.79 Å². The minimum absolute atomic E-state index is 0.0309. The van der Waals surface area contributed by atoms with Crippen LogP contribution in [0.3, 0.4) is 0 Å². The molecule has 3 N–H and O–H groups in total. The second-order valence-electron chi connectivity index (χ2n) is 5.91. The van der Waals surface area contributed by atoms with Gasteiger partial charge in [-0.15, -0.1) is 0 Å². The Kier molecular flexibility index (Phi) is 8.63. The number of aliphatic carboxylic acids is 1. The van der Waals surface area contributed by atoms with E-state index in [-0.39, 0.29) is 18.6 Å². The first-order chi connectivity index (χ1) is 10.4. The van der Waals surface area contributed by atoms with Gasteiger partial charge in [-0.3, -0.25) is 0 Å². The molecule has 22 heavy (non-hydrogen) atoms. The van der Waals surface area contributed by atoms with Crippen molar-refractivity contribution in [1.82, 2.24) is 0 Å². The molecule has 0 amide bonds. The first kappa shape index (κ1) is 19.1. The topological polar surface area (TPSA) is 96.2 Å². The molecule has 0 aromatic heterocycles. The highest BCUT2D eigenvalue weighted by Gasteiger charge is 2.35. The van der Waals surface area contributed by atoms with E-state index in [4.69, 9.17) is 14.6 Å². The number of carbonyl (C=O) groups is 1. The van der Waals surface area contributed by atoms with Crippen molar-refractivity contribution in [3.8, 4) is 0 Å². The van der Waals surface area contributed by atoms with E-state index in [0.29, 0.717) is 0 Å². The molecule has 1 aliphatic heterocycles. The highest BCUT2D eigenvalue weighted by molar-refractivity contribution is 5.79. The van der Waals surface area contributed by atoms with Gasteiger partial charge in [-0.05, 0) is 33.1 Å². The van der Waals surface area contributed by atoms with Crippen LogP contribution in [-0.4, -0.2) is 52.0 Å². The van der Waals surface area contributed by atoms with Gasteiger partial charge in [0.15, 0.2) is 6.29 Å². The van der Waals surface area contributed by atoms with Gasteiger partial charge < -0.3 is 24.8 Å². The predicted molar refractivity (Wildman–Crippen MR) is 81.4 cm³/mol. The molecular formula is C16H28O6. The van der Waals surface area contributed by atoms with Crippen LogP contribution in [0.25, 0.3) is 0 Å². The molecule has 1 rings (SSSR count). The molecule has 6 nitrogen and oxygen atoms in total. The predicted octanol–water partition coefficient (Wildman–Crippen LogP) is 1.84. The highest BCUT2D eigenvalue weighted by atomic mass is 16.7. The third kappa shape index (κ3) is 7.35. The van der Waals surface area contributed by atoms with E-state index in [1.165, 1.54) is 6.08 Å². The molecule has 128 valence electrons. The van der Waals surface area contributed by atoms with Crippen molar-refractivity contribution in [3.63, 3.8) is 0 Å². The lowest BCUT2D eigenvalue weighted by molar-refractivity contribution is -0.273. The van der Waals surface area contributed by atoms with Crippen LogP contribution in [0.15, 0.2) is 12.2 Å². The van der Waals surface area contributed by atoms with Gasteiger partial charge >= 0.3 is 5.97 Å². The second kappa shape index (κ2) is 9.94. The van der Waals surface area contributed by atoms with Crippen molar-refractivity contribution < 1.29 is 29.6 Å². The molecule has 1 saturated heterocycles. The number of ether oxygens (including phenoxy) is 2. The minimum Gasteiger partial charge on any atom is -0.478 e. The quantitative estimate of drug-likeness (QED) is 0.444. The summed E-state index contributed by atoms with van der Waals surface area (Å²) in [5.74, 6) is -0.910.